The maximum atomic E-state index is 2.47. The average Bonchev–Trinajstić information content (AvgIpc) is 3.48. The van der Waals surface area contributed by atoms with Gasteiger partial charge in [-0.1, -0.05) is 159 Å². The van der Waals surface area contributed by atoms with Crippen LogP contribution in [0.5, 0.6) is 0 Å². The maximum Gasteiger partial charge on any atom is 0.0543 e. The zero-order chi connectivity index (χ0) is 33.7. The molecular formula is C49H39N. The highest BCUT2D eigenvalue weighted by Crippen LogP contribution is 2.57. The molecule has 8 aromatic carbocycles. The van der Waals surface area contributed by atoms with Crippen LogP contribution in [0.25, 0.3) is 54.9 Å². The van der Waals surface area contributed by atoms with E-state index in [1.807, 2.05) is 0 Å². The molecule has 0 bridgehead atoms. The lowest BCUT2D eigenvalue weighted by molar-refractivity contribution is 0.490. The molecule has 0 aromatic heterocycles. The fourth-order valence-electron chi connectivity index (χ4n) is 8.65. The molecule has 1 heteroatoms. The van der Waals surface area contributed by atoms with Gasteiger partial charge in [0.05, 0.1) is 5.69 Å². The van der Waals surface area contributed by atoms with Crippen molar-refractivity contribution < 1.29 is 0 Å². The van der Waals surface area contributed by atoms with Gasteiger partial charge in [0.2, 0.25) is 0 Å². The van der Waals surface area contributed by atoms with Crippen LogP contribution in [0.2, 0.25) is 0 Å². The highest BCUT2D eigenvalue weighted by molar-refractivity contribution is 5.99. The van der Waals surface area contributed by atoms with Gasteiger partial charge in [-0.2, -0.15) is 0 Å². The Hall–Kier alpha value is -5.92. The number of rotatable bonds is 7. The highest BCUT2D eigenvalue weighted by Gasteiger charge is 2.42. The molecule has 50 heavy (non-hydrogen) atoms. The van der Waals surface area contributed by atoms with Gasteiger partial charge >= 0.3 is 0 Å². The van der Waals surface area contributed by atoms with E-state index in [2.05, 4.69) is 195 Å². The second-order valence-corrected chi connectivity index (χ2v) is 13.5. The summed E-state index contributed by atoms with van der Waals surface area (Å²) in [5.41, 5.74) is 14.0. The zero-order valence-corrected chi connectivity index (χ0v) is 28.6. The van der Waals surface area contributed by atoms with Gasteiger partial charge in [-0.25, -0.2) is 0 Å². The summed E-state index contributed by atoms with van der Waals surface area (Å²) < 4.78 is 0. The fourth-order valence-corrected chi connectivity index (χ4v) is 8.65. The summed E-state index contributed by atoms with van der Waals surface area (Å²) in [6, 6.07) is 64.8. The molecule has 8 aromatic rings. The minimum absolute atomic E-state index is 0.00402. The summed E-state index contributed by atoms with van der Waals surface area (Å²) in [5.74, 6) is 0. The Morgan fingerprint density at radius 2 is 0.840 bits per heavy atom. The van der Waals surface area contributed by atoms with Crippen molar-refractivity contribution in [3.63, 3.8) is 0 Å². The third-order valence-electron chi connectivity index (χ3n) is 11.2. The minimum Gasteiger partial charge on any atom is -0.310 e. The van der Waals surface area contributed by atoms with E-state index in [1.165, 1.54) is 71.7 Å². The molecule has 0 N–H and O–H groups in total. The summed E-state index contributed by atoms with van der Waals surface area (Å²) in [7, 11) is 0. The summed E-state index contributed by atoms with van der Waals surface area (Å²) in [5, 5.41) is 5.07. The Kier molecular flexibility index (Phi) is 7.36. The van der Waals surface area contributed by atoms with Crippen molar-refractivity contribution in [1.82, 2.24) is 0 Å². The van der Waals surface area contributed by atoms with Crippen LogP contribution in [0.1, 0.15) is 37.8 Å². The Morgan fingerprint density at radius 1 is 0.400 bits per heavy atom. The normalized spacial score (nSPS) is 12.9. The lowest BCUT2D eigenvalue weighted by atomic mass is 9.74. The Morgan fingerprint density at radius 3 is 1.40 bits per heavy atom. The van der Waals surface area contributed by atoms with E-state index < -0.39 is 0 Å². The van der Waals surface area contributed by atoms with E-state index >= 15 is 0 Å². The third kappa shape index (κ3) is 4.69. The van der Waals surface area contributed by atoms with Crippen LogP contribution in [0, 0.1) is 0 Å². The number of nitrogens with zero attached hydrogens (tertiary/aromatic N) is 1. The predicted molar refractivity (Wildman–Crippen MR) is 214 cm³/mol. The van der Waals surface area contributed by atoms with Crippen molar-refractivity contribution in [2.45, 2.75) is 32.1 Å². The molecular weight excluding hydrogens is 603 g/mol. The van der Waals surface area contributed by atoms with Crippen LogP contribution in [0.15, 0.2) is 176 Å². The molecule has 1 aliphatic carbocycles. The van der Waals surface area contributed by atoms with Crippen LogP contribution < -0.4 is 4.90 Å². The summed E-state index contributed by atoms with van der Waals surface area (Å²) in [4.78, 5) is 2.47. The first-order chi connectivity index (χ1) is 24.7. The van der Waals surface area contributed by atoms with Crippen LogP contribution in [0.3, 0.4) is 0 Å². The van der Waals surface area contributed by atoms with Crippen molar-refractivity contribution in [3.05, 3.63) is 187 Å². The average molecular weight is 642 g/mol. The lowest BCUT2D eigenvalue weighted by Crippen LogP contribution is -2.23. The third-order valence-corrected chi connectivity index (χ3v) is 11.2. The first-order valence-electron chi connectivity index (χ1n) is 17.9. The Bertz CT molecular complexity index is 2370. The molecule has 0 saturated carbocycles. The van der Waals surface area contributed by atoms with E-state index in [0.29, 0.717) is 0 Å². The molecule has 0 unspecified atom stereocenters. The van der Waals surface area contributed by atoms with E-state index in [9.17, 15) is 0 Å². The fraction of sp³-hybridized carbons (Fsp3) is 0.102. The van der Waals surface area contributed by atoms with Crippen molar-refractivity contribution >= 4 is 38.6 Å². The van der Waals surface area contributed by atoms with Crippen molar-refractivity contribution in [2.24, 2.45) is 0 Å². The number of anilines is 3. The second-order valence-electron chi connectivity index (χ2n) is 13.5. The van der Waals surface area contributed by atoms with Crippen LogP contribution in [-0.4, -0.2) is 0 Å². The summed E-state index contributed by atoms with van der Waals surface area (Å²) in [6.45, 7) is 4.69. The molecule has 9 rings (SSSR count). The molecule has 1 nitrogen and oxygen atoms in total. The van der Waals surface area contributed by atoms with E-state index in [0.717, 1.165) is 24.2 Å². The molecule has 1 aliphatic rings. The van der Waals surface area contributed by atoms with Crippen molar-refractivity contribution in [3.8, 4) is 33.4 Å². The number of fused-ring (bicyclic) bond motifs is 5. The number of benzene rings is 8. The molecule has 0 spiro atoms. The lowest BCUT2D eigenvalue weighted by Gasteiger charge is -2.31. The predicted octanol–water partition coefficient (Wildman–Crippen LogP) is 13.9. The molecule has 0 atom stereocenters. The molecule has 0 heterocycles. The first-order valence-corrected chi connectivity index (χ1v) is 17.9. The van der Waals surface area contributed by atoms with Crippen molar-refractivity contribution in [1.29, 1.82) is 0 Å². The van der Waals surface area contributed by atoms with Gasteiger partial charge in [-0.05, 0) is 104 Å². The van der Waals surface area contributed by atoms with Gasteiger partial charge in [0.25, 0.3) is 0 Å². The minimum atomic E-state index is 0.00402. The quantitative estimate of drug-likeness (QED) is 0.167. The standard InChI is InChI=1S/C49H39N/c1-3-49(4-2)45-23-10-9-20-44(45)48-46(49)24-13-25-47(48)50(38-30-26-36(27-31-38)42-21-11-16-34-14-5-7-18-40(34)42)39-32-28-37(29-33-39)43-22-12-17-35-15-6-8-19-41(35)43/h5-33H,3-4H2,1-2H3. The van der Waals surface area contributed by atoms with Crippen LogP contribution >= 0.6 is 0 Å². The van der Waals surface area contributed by atoms with Crippen LogP contribution in [-0.2, 0) is 5.41 Å². The van der Waals surface area contributed by atoms with Gasteiger partial charge in [-0.15, -0.1) is 0 Å². The van der Waals surface area contributed by atoms with E-state index in [4.69, 9.17) is 0 Å². The van der Waals surface area contributed by atoms with Gasteiger partial charge in [0, 0.05) is 22.4 Å². The summed E-state index contributed by atoms with van der Waals surface area (Å²) >= 11 is 0. The molecule has 240 valence electrons. The smallest absolute Gasteiger partial charge is 0.0543 e. The van der Waals surface area contributed by atoms with E-state index in [1.54, 1.807) is 0 Å². The molecule has 0 radical (unpaired) electrons. The Labute approximate surface area is 295 Å². The number of hydrogen-bond donors (Lipinski definition) is 0. The molecule has 0 fully saturated rings. The SMILES string of the molecule is CCC1(CC)c2ccccc2-c2c(N(c3ccc(-c4cccc5ccccc45)cc3)c3ccc(-c4cccc5ccccc45)cc3)cccc21. The van der Waals surface area contributed by atoms with Gasteiger partial charge in [-0.3, -0.25) is 0 Å². The summed E-state index contributed by atoms with van der Waals surface area (Å²) in [6.07, 6.45) is 2.13. The van der Waals surface area contributed by atoms with Gasteiger partial charge < -0.3 is 4.90 Å². The van der Waals surface area contributed by atoms with Crippen LogP contribution in [0.4, 0.5) is 17.1 Å². The molecule has 0 saturated heterocycles. The van der Waals surface area contributed by atoms with Gasteiger partial charge in [0.15, 0.2) is 0 Å². The molecule has 0 amide bonds. The Balaban J connectivity index is 1.22. The van der Waals surface area contributed by atoms with Crippen molar-refractivity contribution in [2.75, 3.05) is 4.90 Å². The maximum absolute atomic E-state index is 2.47. The topological polar surface area (TPSA) is 3.24 Å². The highest BCUT2D eigenvalue weighted by atomic mass is 15.1. The zero-order valence-electron chi connectivity index (χ0n) is 28.6. The molecule has 0 aliphatic heterocycles. The monoisotopic (exact) mass is 641 g/mol. The van der Waals surface area contributed by atoms with Gasteiger partial charge in [0.1, 0.15) is 0 Å². The van der Waals surface area contributed by atoms with E-state index in [-0.39, 0.29) is 5.41 Å². The first kappa shape index (κ1) is 30.2. The number of hydrogen-bond acceptors (Lipinski definition) is 1. The largest absolute Gasteiger partial charge is 0.310 e. The second kappa shape index (κ2) is 12.2.